The lowest BCUT2D eigenvalue weighted by molar-refractivity contribution is -0.115. The number of benzene rings is 3. The van der Waals surface area contributed by atoms with Crippen LogP contribution >= 0.6 is 23.4 Å². The second kappa shape index (κ2) is 8.94. The average Bonchev–Trinajstić information content (AvgIpc) is 3.22. The molecule has 1 amide bonds. The number of aromatic nitrogens is 3. The van der Waals surface area contributed by atoms with Gasteiger partial charge in [0.05, 0.1) is 5.69 Å². The van der Waals surface area contributed by atoms with Gasteiger partial charge < -0.3 is 5.32 Å². The Balaban J connectivity index is 1.65. The fourth-order valence-corrected chi connectivity index (χ4v) is 4.06. The van der Waals surface area contributed by atoms with E-state index >= 15 is 0 Å². The molecule has 4 rings (SSSR count). The summed E-state index contributed by atoms with van der Waals surface area (Å²) in [5.74, 6) is -0.131. The molecule has 0 saturated carbocycles. The molecule has 29 heavy (non-hydrogen) atoms. The van der Waals surface area contributed by atoms with Gasteiger partial charge in [0.15, 0.2) is 5.16 Å². The fourth-order valence-electron chi connectivity index (χ4n) is 2.84. The number of anilines is 1. The maximum absolute atomic E-state index is 13.1. The van der Waals surface area contributed by atoms with E-state index in [4.69, 9.17) is 11.6 Å². The molecule has 1 atom stereocenters. The molecule has 0 bridgehead atoms. The van der Waals surface area contributed by atoms with Crippen molar-refractivity contribution in [1.82, 2.24) is 14.8 Å². The number of carbonyl (C=O) groups is 1. The molecule has 0 aliphatic carbocycles. The maximum atomic E-state index is 13.1. The zero-order valence-corrected chi connectivity index (χ0v) is 16.8. The van der Waals surface area contributed by atoms with Crippen molar-refractivity contribution in [1.29, 1.82) is 0 Å². The number of nitrogens with one attached hydrogen (secondary N) is 1. The Morgan fingerprint density at radius 2 is 1.69 bits per heavy atom. The first-order valence-electron chi connectivity index (χ1n) is 8.94. The molecule has 7 heteroatoms. The molecule has 3 aromatic carbocycles. The zero-order valence-electron chi connectivity index (χ0n) is 15.3. The molecule has 1 aromatic heterocycles. The Kier molecular flexibility index (Phi) is 5.93. The van der Waals surface area contributed by atoms with Crippen molar-refractivity contribution in [2.45, 2.75) is 10.4 Å². The summed E-state index contributed by atoms with van der Waals surface area (Å²) >= 11 is 7.47. The minimum Gasteiger partial charge on any atom is -0.325 e. The van der Waals surface area contributed by atoms with Crippen LogP contribution < -0.4 is 5.32 Å². The Hall–Kier alpha value is -3.09. The van der Waals surface area contributed by atoms with Crippen LogP contribution in [0.2, 0.25) is 5.02 Å². The van der Waals surface area contributed by atoms with E-state index < -0.39 is 5.25 Å². The molecule has 0 aliphatic heterocycles. The van der Waals surface area contributed by atoms with Crippen LogP contribution in [-0.4, -0.2) is 20.7 Å². The Morgan fingerprint density at radius 1 is 0.966 bits per heavy atom. The van der Waals surface area contributed by atoms with Gasteiger partial charge in [-0.1, -0.05) is 78.0 Å². The highest BCUT2D eigenvalue weighted by molar-refractivity contribution is 8.00. The standard InChI is InChI=1S/C22H17ClN4OS/c23-17-10-7-13-19(14-17)27-15-24-26-22(27)29-20(16-8-3-1-4-9-16)21(28)25-18-11-5-2-6-12-18/h1-15,20H,(H,25,28). The van der Waals surface area contributed by atoms with Gasteiger partial charge in [-0.05, 0) is 35.9 Å². The molecule has 5 nitrogen and oxygen atoms in total. The van der Waals surface area contributed by atoms with E-state index in [-0.39, 0.29) is 5.91 Å². The van der Waals surface area contributed by atoms with Crippen LogP contribution in [0.25, 0.3) is 5.69 Å². The first kappa shape index (κ1) is 19.2. The van der Waals surface area contributed by atoms with Crippen molar-refractivity contribution < 1.29 is 4.79 Å². The van der Waals surface area contributed by atoms with Crippen LogP contribution in [0.4, 0.5) is 5.69 Å². The van der Waals surface area contributed by atoms with Crippen LogP contribution in [0.1, 0.15) is 10.8 Å². The number of amides is 1. The summed E-state index contributed by atoms with van der Waals surface area (Å²) in [6.45, 7) is 0. The van der Waals surface area contributed by atoms with Crippen LogP contribution in [0.3, 0.4) is 0 Å². The van der Waals surface area contributed by atoms with Gasteiger partial charge in [0.2, 0.25) is 5.91 Å². The smallest absolute Gasteiger partial charge is 0.242 e. The molecule has 0 spiro atoms. The Labute approximate surface area is 177 Å². The van der Waals surface area contributed by atoms with Gasteiger partial charge >= 0.3 is 0 Å². The average molecular weight is 421 g/mol. The van der Waals surface area contributed by atoms with Crippen molar-refractivity contribution in [3.8, 4) is 5.69 Å². The Bertz CT molecular complexity index is 1100. The van der Waals surface area contributed by atoms with Crippen molar-refractivity contribution in [3.05, 3.63) is 102 Å². The highest BCUT2D eigenvalue weighted by atomic mass is 35.5. The molecule has 4 aromatic rings. The molecular weight excluding hydrogens is 404 g/mol. The minimum atomic E-state index is -0.501. The topological polar surface area (TPSA) is 59.8 Å². The maximum Gasteiger partial charge on any atom is 0.242 e. The summed E-state index contributed by atoms with van der Waals surface area (Å²) in [4.78, 5) is 13.1. The Morgan fingerprint density at radius 3 is 2.41 bits per heavy atom. The molecular formula is C22H17ClN4OS. The van der Waals surface area contributed by atoms with E-state index in [2.05, 4.69) is 15.5 Å². The van der Waals surface area contributed by atoms with Crippen LogP contribution in [0.15, 0.2) is 96.4 Å². The van der Waals surface area contributed by atoms with E-state index in [9.17, 15) is 4.79 Å². The quantitative estimate of drug-likeness (QED) is 0.424. The summed E-state index contributed by atoms with van der Waals surface area (Å²) in [6, 6.07) is 26.4. The lowest BCUT2D eigenvalue weighted by Gasteiger charge is -2.17. The summed E-state index contributed by atoms with van der Waals surface area (Å²) in [5, 5.41) is 12.0. The number of carbonyl (C=O) groups excluding carboxylic acids is 1. The van der Waals surface area contributed by atoms with Crippen molar-refractivity contribution >= 4 is 35.0 Å². The molecule has 0 saturated heterocycles. The van der Waals surface area contributed by atoms with Crippen LogP contribution in [0.5, 0.6) is 0 Å². The second-order valence-electron chi connectivity index (χ2n) is 6.23. The number of hydrogen-bond donors (Lipinski definition) is 1. The predicted molar refractivity (Wildman–Crippen MR) is 116 cm³/mol. The summed E-state index contributed by atoms with van der Waals surface area (Å²) in [7, 11) is 0. The summed E-state index contributed by atoms with van der Waals surface area (Å²) in [6.07, 6.45) is 1.62. The van der Waals surface area contributed by atoms with Gasteiger partial charge in [0.25, 0.3) is 0 Å². The van der Waals surface area contributed by atoms with Crippen molar-refractivity contribution in [2.24, 2.45) is 0 Å². The number of para-hydroxylation sites is 1. The van der Waals surface area contributed by atoms with Crippen LogP contribution in [-0.2, 0) is 4.79 Å². The van der Waals surface area contributed by atoms with E-state index in [0.717, 1.165) is 16.9 Å². The van der Waals surface area contributed by atoms with E-state index in [0.29, 0.717) is 10.2 Å². The molecule has 0 fully saturated rings. The molecule has 1 heterocycles. The summed E-state index contributed by atoms with van der Waals surface area (Å²) < 4.78 is 1.82. The third-order valence-corrected chi connectivity index (χ3v) is 5.65. The third-order valence-electron chi connectivity index (χ3n) is 4.21. The predicted octanol–water partition coefficient (Wildman–Crippen LogP) is 5.39. The number of halogens is 1. The van der Waals surface area contributed by atoms with Gasteiger partial charge in [-0.25, -0.2) is 0 Å². The highest BCUT2D eigenvalue weighted by Crippen LogP contribution is 2.36. The number of thioether (sulfide) groups is 1. The second-order valence-corrected chi connectivity index (χ2v) is 7.74. The molecule has 0 aliphatic rings. The number of hydrogen-bond acceptors (Lipinski definition) is 4. The normalized spacial score (nSPS) is 11.8. The number of nitrogens with zero attached hydrogens (tertiary/aromatic N) is 3. The van der Waals surface area contributed by atoms with E-state index in [1.54, 1.807) is 6.33 Å². The van der Waals surface area contributed by atoms with Gasteiger partial charge in [-0.2, -0.15) is 0 Å². The van der Waals surface area contributed by atoms with Crippen molar-refractivity contribution in [2.75, 3.05) is 5.32 Å². The first-order valence-corrected chi connectivity index (χ1v) is 10.2. The highest BCUT2D eigenvalue weighted by Gasteiger charge is 2.25. The largest absolute Gasteiger partial charge is 0.325 e. The first-order chi connectivity index (χ1) is 14.2. The number of rotatable bonds is 6. The van der Waals surface area contributed by atoms with Crippen molar-refractivity contribution in [3.63, 3.8) is 0 Å². The minimum absolute atomic E-state index is 0.131. The summed E-state index contributed by atoms with van der Waals surface area (Å²) in [5.41, 5.74) is 2.46. The lowest BCUT2D eigenvalue weighted by atomic mass is 10.1. The molecule has 0 radical (unpaired) electrons. The molecule has 144 valence electrons. The van der Waals surface area contributed by atoms with Gasteiger partial charge in [-0.3, -0.25) is 9.36 Å². The van der Waals surface area contributed by atoms with Gasteiger partial charge in [-0.15, -0.1) is 10.2 Å². The van der Waals surface area contributed by atoms with E-state index in [1.807, 2.05) is 89.5 Å². The molecule has 1 N–H and O–H groups in total. The zero-order chi connectivity index (χ0) is 20.1. The third kappa shape index (κ3) is 4.67. The van der Waals surface area contributed by atoms with Crippen LogP contribution in [0, 0.1) is 0 Å². The van der Waals surface area contributed by atoms with Gasteiger partial charge in [0, 0.05) is 10.7 Å². The molecule has 1 unspecified atom stereocenters. The fraction of sp³-hybridized carbons (Fsp3) is 0.0455. The monoisotopic (exact) mass is 420 g/mol. The van der Waals surface area contributed by atoms with Gasteiger partial charge in [0.1, 0.15) is 11.6 Å². The SMILES string of the molecule is O=C(Nc1ccccc1)C(Sc1nncn1-c1cccc(Cl)c1)c1ccccc1. The lowest BCUT2D eigenvalue weighted by Crippen LogP contribution is -2.19. The van der Waals surface area contributed by atoms with E-state index in [1.165, 1.54) is 11.8 Å².